The normalized spacial score (nSPS) is 17.8. The van der Waals surface area contributed by atoms with Crippen LogP contribution in [-0.4, -0.2) is 23.6 Å². The van der Waals surface area contributed by atoms with Crippen molar-refractivity contribution in [1.29, 1.82) is 0 Å². The second kappa shape index (κ2) is 3.64. The van der Waals surface area contributed by atoms with Crippen LogP contribution in [0.15, 0.2) is 4.99 Å². The van der Waals surface area contributed by atoms with Crippen molar-refractivity contribution in [1.82, 2.24) is 0 Å². The first-order valence-corrected chi connectivity index (χ1v) is 4.36. The molecule has 74 valence electrons. The monoisotopic (exact) mass is 185 g/mol. The van der Waals surface area contributed by atoms with Crippen molar-refractivity contribution in [3.63, 3.8) is 0 Å². The van der Waals surface area contributed by atoms with Crippen LogP contribution >= 0.6 is 0 Å². The van der Waals surface area contributed by atoms with Gasteiger partial charge in [0.2, 0.25) is 0 Å². The maximum absolute atomic E-state index is 10.7. The molecule has 0 saturated heterocycles. The number of carbonyl (C=O) groups is 1. The number of aliphatic carboxylic acids is 1. The second-order valence-electron chi connectivity index (χ2n) is 3.50. The van der Waals surface area contributed by atoms with Gasteiger partial charge in [-0.2, -0.15) is 0 Å². The van der Waals surface area contributed by atoms with E-state index in [1.54, 1.807) is 0 Å². The van der Waals surface area contributed by atoms with E-state index in [1.807, 2.05) is 0 Å². The summed E-state index contributed by atoms with van der Waals surface area (Å²) in [5.41, 5.74) is 9.81. The van der Waals surface area contributed by atoms with Gasteiger partial charge in [-0.15, -0.1) is 0 Å². The Morgan fingerprint density at radius 3 is 2.46 bits per heavy atom. The minimum atomic E-state index is -0.683. The Hall–Kier alpha value is -1.26. The van der Waals surface area contributed by atoms with Gasteiger partial charge < -0.3 is 16.6 Å². The number of nitrogens with zero attached hydrogens (tertiary/aromatic N) is 1. The number of nitrogens with two attached hydrogens (primary N) is 2. The Morgan fingerprint density at radius 1 is 1.46 bits per heavy atom. The van der Waals surface area contributed by atoms with Crippen molar-refractivity contribution < 1.29 is 9.90 Å². The highest BCUT2D eigenvalue weighted by Gasteiger charge is 2.49. The molecule has 5 N–H and O–H groups in total. The van der Waals surface area contributed by atoms with Crippen molar-refractivity contribution in [2.45, 2.75) is 25.7 Å². The van der Waals surface area contributed by atoms with Gasteiger partial charge in [0.05, 0.1) is 5.41 Å². The largest absolute Gasteiger partial charge is 0.481 e. The molecule has 1 aliphatic rings. The molecule has 0 amide bonds. The van der Waals surface area contributed by atoms with E-state index < -0.39 is 11.4 Å². The van der Waals surface area contributed by atoms with E-state index in [0.29, 0.717) is 13.0 Å². The van der Waals surface area contributed by atoms with Crippen molar-refractivity contribution in [2.24, 2.45) is 21.9 Å². The number of guanidine groups is 1. The third-order valence-corrected chi connectivity index (χ3v) is 2.42. The fourth-order valence-electron chi connectivity index (χ4n) is 1.35. The van der Waals surface area contributed by atoms with E-state index >= 15 is 0 Å². The maximum Gasteiger partial charge on any atom is 0.309 e. The lowest BCUT2D eigenvalue weighted by atomic mass is 10.0. The quantitative estimate of drug-likeness (QED) is 0.316. The fraction of sp³-hybridized carbons (Fsp3) is 0.750. The zero-order chi connectivity index (χ0) is 9.90. The molecule has 1 saturated carbocycles. The van der Waals surface area contributed by atoms with E-state index in [2.05, 4.69) is 4.99 Å². The number of rotatable bonds is 5. The van der Waals surface area contributed by atoms with Crippen molar-refractivity contribution >= 4 is 11.9 Å². The predicted octanol–water partition coefficient (Wildman–Crippen LogP) is -0.0952. The van der Waals surface area contributed by atoms with Gasteiger partial charge in [0.25, 0.3) is 0 Å². The lowest BCUT2D eigenvalue weighted by Crippen LogP contribution is -2.23. The molecule has 0 aliphatic heterocycles. The number of hydrogen-bond acceptors (Lipinski definition) is 2. The number of aliphatic imine (C=N–C) groups is 1. The molecule has 1 aliphatic carbocycles. The van der Waals surface area contributed by atoms with E-state index in [4.69, 9.17) is 16.6 Å². The summed E-state index contributed by atoms with van der Waals surface area (Å²) in [6.45, 7) is 0.525. The molecular weight excluding hydrogens is 170 g/mol. The van der Waals surface area contributed by atoms with E-state index in [9.17, 15) is 4.79 Å². The van der Waals surface area contributed by atoms with Gasteiger partial charge in [-0.3, -0.25) is 9.79 Å². The SMILES string of the molecule is NC(N)=NCCCC1(C(=O)O)CC1. The lowest BCUT2D eigenvalue weighted by Gasteiger charge is -2.06. The van der Waals surface area contributed by atoms with Crippen LogP contribution < -0.4 is 11.5 Å². The van der Waals surface area contributed by atoms with Gasteiger partial charge in [0.15, 0.2) is 5.96 Å². The molecule has 0 aromatic heterocycles. The molecule has 1 rings (SSSR count). The summed E-state index contributed by atoms with van der Waals surface area (Å²) in [5, 5.41) is 8.83. The van der Waals surface area contributed by atoms with Gasteiger partial charge >= 0.3 is 5.97 Å². The zero-order valence-corrected chi connectivity index (χ0v) is 7.49. The predicted molar refractivity (Wildman–Crippen MR) is 49.2 cm³/mol. The Kier molecular flexibility index (Phi) is 2.75. The standard InChI is InChI=1S/C8H15N3O2/c9-7(10)11-5-1-2-8(3-4-8)6(12)13/h1-5H2,(H,12,13)(H4,9,10,11). The smallest absolute Gasteiger partial charge is 0.309 e. The van der Waals surface area contributed by atoms with Crippen LogP contribution in [0, 0.1) is 5.41 Å². The highest BCUT2D eigenvalue weighted by atomic mass is 16.4. The van der Waals surface area contributed by atoms with Crippen molar-refractivity contribution in [3.8, 4) is 0 Å². The van der Waals surface area contributed by atoms with Crippen molar-refractivity contribution in [2.75, 3.05) is 6.54 Å². The number of hydrogen-bond donors (Lipinski definition) is 3. The molecule has 1 fully saturated rings. The molecule has 0 aromatic carbocycles. The minimum Gasteiger partial charge on any atom is -0.481 e. The fourth-order valence-corrected chi connectivity index (χ4v) is 1.35. The summed E-state index contributed by atoms with van der Waals surface area (Å²) >= 11 is 0. The van der Waals surface area contributed by atoms with Gasteiger partial charge in [0, 0.05) is 6.54 Å². The summed E-state index contributed by atoms with van der Waals surface area (Å²) in [6, 6.07) is 0. The zero-order valence-electron chi connectivity index (χ0n) is 7.49. The third-order valence-electron chi connectivity index (χ3n) is 2.42. The van der Waals surface area contributed by atoms with Crippen LogP contribution in [0.4, 0.5) is 0 Å². The average molecular weight is 185 g/mol. The number of carboxylic acids is 1. The molecule has 13 heavy (non-hydrogen) atoms. The first kappa shape index (κ1) is 9.83. The molecule has 0 spiro atoms. The molecule has 0 radical (unpaired) electrons. The lowest BCUT2D eigenvalue weighted by molar-refractivity contribution is -0.143. The molecule has 0 atom stereocenters. The first-order valence-electron chi connectivity index (χ1n) is 4.36. The summed E-state index contributed by atoms with van der Waals surface area (Å²) in [5.74, 6) is -0.614. The van der Waals surface area contributed by atoms with Crippen LogP contribution in [0.2, 0.25) is 0 Å². The van der Waals surface area contributed by atoms with E-state index in [0.717, 1.165) is 19.3 Å². The molecule has 5 nitrogen and oxygen atoms in total. The highest BCUT2D eigenvalue weighted by Crippen LogP contribution is 2.49. The molecule has 5 heteroatoms. The highest BCUT2D eigenvalue weighted by molar-refractivity contribution is 5.77. The third kappa shape index (κ3) is 2.61. The van der Waals surface area contributed by atoms with Gasteiger partial charge in [-0.1, -0.05) is 0 Å². The molecular formula is C8H15N3O2. The molecule has 0 unspecified atom stereocenters. The minimum absolute atomic E-state index is 0.0696. The van der Waals surface area contributed by atoms with Crippen LogP contribution in [0.3, 0.4) is 0 Å². The number of carboxylic acid groups (broad SMARTS) is 1. The van der Waals surface area contributed by atoms with Crippen LogP contribution in [0.5, 0.6) is 0 Å². The van der Waals surface area contributed by atoms with Crippen LogP contribution in [0.1, 0.15) is 25.7 Å². The van der Waals surface area contributed by atoms with Gasteiger partial charge in [0.1, 0.15) is 0 Å². The summed E-state index contributed by atoms with van der Waals surface area (Å²) < 4.78 is 0. The topological polar surface area (TPSA) is 102 Å². The van der Waals surface area contributed by atoms with Gasteiger partial charge in [-0.05, 0) is 25.7 Å². The Bertz CT molecular complexity index is 230. The Labute approximate surface area is 76.8 Å². The summed E-state index contributed by atoms with van der Waals surface area (Å²) in [6.07, 6.45) is 3.01. The Balaban J connectivity index is 2.20. The van der Waals surface area contributed by atoms with Gasteiger partial charge in [-0.25, -0.2) is 0 Å². The first-order chi connectivity index (χ1) is 6.07. The van der Waals surface area contributed by atoms with E-state index in [-0.39, 0.29) is 5.96 Å². The van der Waals surface area contributed by atoms with Crippen LogP contribution in [0.25, 0.3) is 0 Å². The summed E-state index contributed by atoms with van der Waals surface area (Å²) in [4.78, 5) is 14.5. The second-order valence-corrected chi connectivity index (χ2v) is 3.50. The molecule has 0 bridgehead atoms. The summed E-state index contributed by atoms with van der Waals surface area (Å²) in [7, 11) is 0. The Morgan fingerprint density at radius 2 is 2.08 bits per heavy atom. The average Bonchev–Trinajstić information content (AvgIpc) is 2.78. The van der Waals surface area contributed by atoms with E-state index in [1.165, 1.54) is 0 Å². The van der Waals surface area contributed by atoms with Crippen molar-refractivity contribution in [3.05, 3.63) is 0 Å². The maximum atomic E-state index is 10.7. The molecule has 0 heterocycles. The molecule has 0 aromatic rings. The van der Waals surface area contributed by atoms with Crippen LogP contribution in [-0.2, 0) is 4.79 Å².